The van der Waals surface area contributed by atoms with E-state index in [1.165, 1.54) is 11.3 Å². The van der Waals surface area contributed by atoms with Gasteiger partial charge in [-0.05, 0) is 26.2 Å². The SMILES string of the molecule is CNC(=O)c1sc(NCCC(C)C)c(OC(C)C)c1N. The summed E-state index contributed by atoms with van der Waals surface area (Å²) >= 11 is 1.34. The van der Waals surface area contributed by atoms with Crippen molar-refractivity contribution in [1.29, 1.82) is 0 Å². The van der Waals surface area contributed by atoms with Gasteiger partial charge in [0, 0.05) is 13.6 Å². The van der Waals surface area contributed by atoms with Crippen LogP contribution in [0.4, 0.5) is 10.7 Å². The van der Waals surface area contributed by atoms with Crippen LogP contribution in [0, 0.1) is 5.92 Å². The predicted octanol–water partition coefficient (Wildman–Crippen LogP) is 2.94. The minimum Gasteiger partial charge on any atom is -0.486 e. The van der Waals surface area contributed by atoms with Crippen molar-refractivity contribution in [3.05, 3.63) is 4.88 Å². The van der Waals surface area contributed by atoms with Crippen molar-refractivity contribution in [3.63, 3.8) is 0 Å². The Kier molecular flexibility index (Phi) is 6.13. The number of nitrogen functional groups attached to an aromatic ring is 1. The number of nitrogens with one attached hydrogen (secondary N) is 2. The summed E-state index contributed by atoms with van der Waals surface area (Å²) in [6.07, 6.45) is 1.06. The first kappa shape index (κ1) is 16.6. The highest BCUT2D eigenvalue weighted by atomic mass is 32.1. The van der Waals surface area contributed by atoms with Crippen LogP contribution in [-0.4, -0.2) is 25.6 Å². The first-order valence-electron chi connectivity index (χ1n) is 6.91. The number of carbonyl (C=O) groups excluding carboxylic acids is 1. The molecule has 1 rings (SSSR count). The smallest absolute Gasteiger partial charge is 0.263 e. The highest BCUT2D eigenvalue weighted by molar-refractivity contribution is 7.19. The number of nitrogens with two attached hydrogens (primary N) is 1. The zero-order valence-corrected chi connectivity index (χ0v) is 13.7. The van der Waals surface area contributed by atoms with Crippen LogP contribution < -0.4 is 21.1 Å². The Hall–Kier alpha value is -1.43. The Bertz CT molecular complexity index is 456. The van der Waals surface area contributed by atoms with E-state index >= 15 is 0 Å². The zero-order chi connectivity index (χ0) is 15.3. The van der Waals surface area contributed by atoms with Crippen LogP contribution >= 0.6 is 11.3 Å². The van der Waals surface area contributed by atoms with Gasteiger partial charge in [0.1, 0.15) is 15.6 Å². The van der Waals surface area contributed by atoms with Gasteiger partial charge in [0.05, 0.1) is 6.10 Å². The van der Waals surface area contributed by atoms with E-state index < -0.39 is 0 Å². The average Bonchev–Trinajstić information content (AvgIpc) is 2.66. The van der Waals surface area contributed by atoms with E-state index in [9.17, 15) is 4.79 Å². The molecule has 4 N–H and O–H groups in total. The molecule has 0 saturated heterocycles. The molecule has 0 aliphatic carbocycles. The number of carbonyl (C=O) groups is 1. The molecule has 0 radical (unpaired) electrons. The van der Waals surface area contributed by atoms with Gasteiger partial charge in [-0.25, -0.2) is 0 Å². The number of hydrogen-bond donors (Lipinski definition) is 3. The lowest BCUT2D eigenvalue weighted by Gasteiger charge is -2.13. The van der Waals surface area contributed by atoms with Crippen molar-refractivity contribution in [2.45, 2.75) is 40.2 Å². The number of thiophene rings is 1. The topological polar surface area (TPSA) is 76.4 Å². The molecule has 0 aromatic carbocycles. The normalized spacial score (nSPS) is 10.9. The Morgan fingerprint density at radius 1 is 1.35 bits per heavy atom. The first-order chi connectivity index (χ1) is 9.36. The molecule has 0 atom stereocenters. The number of rotatable bonds is 7. The number of anilines is 2. The monoisotopic (exact) mass is 299 g/mol. The zero-order valence-electron chi connectivity index (χ0n) is 12.9. The summed E-state index contributed by atoms with van der Waals surface area (Å²) in [4.78, 5) is 12.3. The van der Waals surface area contributed by atoms with Gasteiger partial charge in [-0.15, -0.1) is 11.3 Å². The van der Waals surface area contributed by atoms with E-state index in [-0.39, 0.29) is 12.0 Å². The Morgan fingerprint density at radius 2 is 2.00 bits per heavy atom. The molecule has 1 amide bonds. The summed E-state index contributed by atoms with van der Waals surface area (Å²) in [5.41, 5.74) is 6.46. The molecule has 114 valence electrons. The van der Waals surface area contributed by atoms with Crippen LogP contribution in [-0.2, 0) is 0 Å². The lowest BCUT2D eigenvalue weighted by molar-refractivity contribution is 0.0967. The maximum atomic E-state index is 11.8. The van der Waals surface area contributed by atoms with Crippen LogP contribution in [0.3, 0.4) is 0 Å². The van der Waals surface area contributed by atoms with Crippen molar-refractivity contribution in [2.75, 3.05) is 24.6 Å². The van der Waals surface area contributed by atoms with Crippen LogP contribution in [0.2, 0.25) is 0 Å². The molecule has 0 saturated carbocycles. The fraction of sp³-hybridized carbons (Fsp3) is 0.643. The minimum atomic E-state index is -0.182. The van der Waals surface area contributed by atoms with Gasteiger partial charge in [0.25, 0.3) is 5.91 Å². The molecule has 0 unspecified atom stereocenters. The van der Waals surface area contributed by atoms with Gasteiger partial charge in [0.2, 0.25) is 0 Å². The number of hydrogen-bond acceptors (Lipinski definition) is 5. The largest absolute Gasteiger partial charge is 0.486 e. The van der Waals surface area contributed by atoms with Crippen LogP contribution in [0.1, 0.15) is 43.8 Å². The van der Waals surface area contributed by atoms with Gasteiger partial charge < -0.3 is 21.1 Å². The van der Waals surface area contributed by atoms with Gasteiger partial charge in [-0.3, -0.25) is 4.79 Å². The summed E-state index contributed by atoms with van der Waals surface area (Å²) in [5.74, 6) is 1.03. The standard InChI is InChI=1S/C14H25N3O2S/c1-8(2)6-7-17-14-11(19-9(3)4)10(15)12(20-14)13(18)16-5/h8-9,17H,6-7,15H2,1-5H3,(H,16,18). The van der Waals surface area contributed by atoms with Gasteiger partial charge in [-0.2, -0.15) is 0 Å². The second-order valence-electron chi connectivity index (χ2n) is 5.36. The van der Waals surface area contributed by atoms with E-state index in [4.69, 9.17) is 10.5 Å². The second-order valence-corrected chi connectivity index (χ2v) is 6.38. The van der Waals surface area contributed by atoms with E-state index in [2.05, 4.69) is 24.5 Å². The summed E-state index contributed by atoms with van der Waals surface area (Å²) in [7, 11) is 1.59. The molecule has 5 nitrogen and oxygen atoms in total. The van der Waals surface area contributed by atoms with E-state index in [0.29, 0.717) is 22.2 Å². The van der Waals surface area contributed by atoms with Crippen molar-refractivity contribution >= 4 is 27.9 Å². The van der Waals surface area contributed by atoms with Crippen molar-refractivity contribution in [1.82, 2.24) is 5.32 Å². The molecular formula is C14H25N3O2S. The van der Waals surface area contributed by atoms with Crippen LogP contribution in [0.5, 0.6) is 5.75 Å². The fourth-order valence-electron chi connectivity index (χ4n) is 1.65. The Labute approximate surface area is 124 Å². The average molecular weight is 299 g/mol. The molecule has 0 spiro atoms. The molecule has 0 bridgehead atoms. The number of amides is 1. The number of ether oxygens (including phenoxy) is 1. The first-order valence-corrected chi connectivity index (χ1v) is 7.73. The highest BCUT2D eigenvalue weighted by Gasteiger charge is 2.22. The predicted molar refractivity (Wildman–Crippen MR) is 85.8 cm³/mol. The van der Waals surface area contributed by atoms with Gasteiger partial charge in [-0.1, -0.05) is 13.8 Å². The van der Waals surface area contributed by atoms with Crippen LogP contribution in [0.15, 0.2) is 0 Å². The lowest BCUT2D eigenvalue weighted by atomic mass is 10.1. The van der Waals surface area contributed by atoms with Crippen LogP contribution in [0.25, 0.3) is 0 Å². The maximum absolute atomic E-state index is 11.8. The Morgan fingerprint density at radius 3 is 2.50 bits per heavy atom. The third kappa shape index (κ3) is 4.30. The fourth-order valence-corrected chi connectivity index (χ4v) is 2.68. The van der Waals surface area contributed by atoms with Crippen molar-refractivity contribution in [3.8, 4) is 5.75 Å². The van der Waals surface area contributed by atoms with Crippen molar-refractivity contribution in [2.24, 2.45) is 5.92 Å². The molecule has 0 fully saturated rings. The van der Waals surface area contributed by atoms with Crippen molar-refractivity contribution < 1.29 is 9.53 Å². The third-order valence-electron chi connectivity index (χ3n) is 2.69. The quantitative estimate of drug-likeness (QED) is 0.723. The molecule has 0 aliphatic rings. The molecule has 6 heteroatoms. The molecule has 1 aromatic heterocycles. The molecule has 20 heavy (non-hydrogen) atoms. The Balaban J connectivity index is 2.97. The minimum absolute atomic E-state index is 0.00934. The molecular weight excluding hydrogens is 274 g/mol. The molecule has 0 aliphatic heterocycles. The highest BCUT2D eigenvalue weighted by Crippen LogP contribution is 2.43. The van der Waals surface area contributed by atoms with Gasteiger partial charge in [0.15, 0.2) is 5.75 Å². The molecule has 1 aromatic rings. The maximum Gasteiger partial charge on any atom is 0.263 e. The third-order valence-corrected chi connectivity index (χ3v) is 3.84. The van der Waals surface area contributed by atoms with E-state index in [1.54, 1.807) is 7.05 Å². The second kappa shape index (κ2) is 7.38. The summed E-state index contributed by atoms with van der Waals surface area (Å²) < 4.78 is 5.75. The van der Waals surface area contributed by atoms with E-state index in [1.807, 2.05) is 13.8 Å². The van der Waals surface area contributed by atoms with Gasteiger partial charge >= 0.3 is 0 Å². The molecule has 1 heterocycles. The van der Waals surface area contributed by atoms with E-state index in [0.717, 1.165) is 18.0 Å². The summed E-state index contributed by atoms with van der Waals surface area (Å²) in [5, 5.41) is 6.75. The summed E-state index contributed by atoms with van der Waals surface area (Å²) in [6, 6.07) is 0. The lowest BCUT2D eigenvalue weighted by Crippen LogP contribution is -2.17. The summed E-state index contributed by atoms with van der Waals surface area (Å²) in [6.45, 7) is 9.06.